The molecule has 9 nitrogen and oxygen atoms in total. The van der Waals surface area contributed by atoms with Crippen molar-refractivity contribution in [1.29, 1.82) is 0 Å². The van der Waals surface area contributed by atoms with Crippen LogP contribution in [0, 0.1) is 0 Å². The van der Waals surface area contributed by atoms with Crippen molar-refractivity contribution >= 4 is 7.82 Å². The second-order valence-corrected chi connectivity index (χ2v) is 4.08. The Morgan fingerprint density at radius 2 is 1.50 bits per heavy atom. The SMILES string of the molecule is O=P(O)(O)OC1=C(O)C(O)=C(O)[C@H](O)[C@@H]1O. The predicted molar refractivity (Wildman–Crippen MR) is 47.1 cm³/mol. The van der Waals surface area contributed by atoms with Crippen LogP contribution < -0.4 is 0 Å². The van der Waals surface area contributed by atoms with E-state index >= 15 is 0 Å². The molecule has 16 heavy (non-hydrogen) atoms. The summed E-state index contributed by atoms with van der Waals surface area (Å²) in [5, 5.41) is 45.5. The fourth-order valence-electron chi connectivity index (χ4n) is 1.04. The molecule has 0 bridgehead atoms. The maximum absolute atomic E-state index is 10.5. The van der Waals surface area contributed by atoms with E-state index in [1.54, 1.807) is 0 Å². The summed E-state index contributed by atoms with van der Waals surface area (Å²) in [6.45, 7) is 0. The van der Waals surface area contributed by atoms with E-state index in [0.717, 1.165) is 0 Å². The third-order valence-electron chi connectivity index (χ3n) is 1.77. The second-order valence-electron chi connectivity index (χ2n) is 2.92. The Hall–Kier alpha value is -1.25. The van der Waals surface area contributed by atoms with E-state index in [0.29, 0.717) is 0 Å². The molecule has 0 heterocycles. The highest BCUT2D eigenvalue weighted by atomic mass is 31.2. The molecule has 0 radical (unpaired) electrons. The number of rotatable bonds is 2. The first-order valence-electron chi connectivity index (χ1n) is 3.82. The van der Waals surface area contributed by atoms with Crippen LogP contribution in [0.25, 0.3) is 0 Å². The highest BCUT2D eigenvalue weighted by Gasteiger charge is 2.40. The molecule has 1 rings (SSSR count). The molecule has 0 unspecified atom stereocenters. The Labute approximate surface area is 88.4 Å². The molecule has 0 aliphatic heterocycles. The van der Waals surface area contributed by atoms with Gasteiger partial charge in [-0.2, -0.15) is 0 Å². The van der Waals surface area contributed by atoms with Crippen LogP contribution in [0.5, 0.6) is 0 Å². The molecule has 92 valence electrons. The largest absolute Gasteiger partial charge is 0.524 e. The quantitative estimate of drug-likeness (QED) is 0.304. The number of hydrogen-bond donors (Lipinski definition) is 7. The van der Waals surface area contributed by atoms with Gasteiger partial charge in [-0.05, 0) is 0 Å². The minimum atomic E-state index is -5.09. The topological polar surface area (TPSA) is 168 Å². The van der Waals surface area contributed by atoms with Crippen LogP contribution in [-0.4, -0.2) is 47.5 Å². The summed E-state index contributed by atoms with van der Waals surface area (Å²) in [7, 11) is -5.09. The third kappa shape index (κ3) is 2.29. The molecule has 2 atom stereocenters. The van der Waals surface area contributed by atoms with Crippen molar-refractivity contribution < 1.29 is 44.4 Å². The van der Waals surface area contributed by atoms with E-state index in [1.807, 2.05) is 0 Å². The van der Waals surface area contributed by atoms with Crippen molar-refractivity contribution in [2.75, 3.05) is 0 Å². The molecular weight excluding hydrogens is 247 g/mol. The summed E-state index contributed by atoms with van der Waals surface area (Å²) in [5.41, 5.74) is 0. The predicted octanol–water partition coefficient (Wildman–Crippen LogP) is -1.07. The zero-order chi connectivity index (χ0) is 12.7. The van der Waals surface area contributed by atoms with Crippen LogP contribution in [0.4, 0.5) is 0 Å². The molecule has 0 aromatic rings. The lowest BCUT2D eigenvalue weighted by atomic mass is 10.0. The molecule has 0 aromatic heterocycles. The zero-order valence-corrected chi connectivity index (χ0v) is 8.44. The molecule has 0 spiro atoms. The molecule has 0 saturated heterocycles. The summed E-state index contributed by atoms with van der Waals surface area (Å²) >= 11 is 0. The maximum Gasteiger partial charge on any atom is 0.524 e. The number of aliphatic hydroxyl groups excluding tert-OH is 5. The summed E-state index contributed by atoms with van der Waals surface area (Å²) in [5.74, 6) is -4.76. The van der Waals surface area contributed by atoms with E-state index in [1.165, 1.54) is 0 Å². The first-order chi connectivity index (χ1) is 7.15. The Morgan fingerprint density at radius 1 is 1.00 bits per heavy atom. The summed E-state index contributed by atoms with van der Waals surface area (Å²) in [6.07, 6.45) is -4.17. The molecular formula is C6H9O9P. The Bertz CT molecular complexity index is 404. The van der Waals surface area contributed by atoms with Crippen molar-refractivity contribution in [3.63, 3.8) is 0 Å². The fraction of sp³-hybridized carbons (Fsp3) is 0.333. The van der Waals surface area contributed by atoms with Gasteiger partial charge < -0.3 is 30.1 Å². The summed E-state index contributed by atoms with van der Waals surface area (Å²) in [6, 6.07) is 0. The fourth-order valence-corrected chi connectivity index (χ4v) is 1.49. The van der Waals surface area contributed by atoms with Gasteiger partial charge in [0.2, 0.25) is 11.5 Å². The van der Waals surface area contributed by atoms with Crippen LogP contribution in [0.3, 0.4) is 0 Å². The lowest BCUT2D eigenvalue weighted by Crippen LogP contribution is -2.35. The van der Waals surface area contributed by atoms with Crippen LogP contribution >= 0.6 is 7.82 Å². The first kappa shape index (κ1) is 12.8. The Kier molecular flexibility index (Phi) is 3.17. The average molecular weight is 256 g/mol. The minimum absolute atomic E-state index is 1.13. The van der Waals surface area contributed by atoms with E-state index in [4.69, 9.17) is 30.2 Å². The zero-order valence-electron chi connectivity index (χ0n) is 7.55. The average Bonchev–Trinajstić information content (AvgIpc) is 2.17. The van der Waals surface area contributed by atoms with Crippen molar-refractivity contribution in [2.45, 2.75) is 12.2 Å². The van der Waals surface area contributed by atoms with Gasteiger partial charge in [0.05, 0.1) is 0 Å². The van der Waals surface area contributed by atoms with Gasteiger partial charge in [0.1, 0.15) is 12.2 Å². The van der Waals surface area contributed by atoms with Gasteiger partial charge in [-0.1, -0.05) is 0 Å². The number of aliphatic hydroxyl groups is 5. The van der Waals surface area contributed by atoms with Crippen molar-refractivity contribution in [2.24, 2.45) is 0 Å². The van der Waals surface area contributed by atoms with Crippen LogP contribution in [0.2, 0.25) is 0 Å². The van der Waals surface area contributed by atoms with Gasteiger partial charge in [-0.3, -0.25) is 9.79 Å². The van der Waals surface area contributed by atoms with Gasteiger partial charge in [0, 0.05) is 0 Å². The van der Waals surface area contributed by atoms with Gasteiger partial charge in [0.15, 0.2) is 11.5 Å². The van der Waals surface area contributed by atoms with E-state index in [2.05, 4.69) is 4.52 Å². The van der Waals surface area contributed by atoms with Gasteiger partial charge in [-0.15, -0.1) is 0 Å². The molecule has 0 amide bonds. The maximum atomic E-state index is 10.5. The van der Waals surface area contributed by atoms with Gasteiger partial charge in [0.25, 0.3) is 0 Å². The van der Waals surface area contributed by atoms with E-state index in [-0.39, 0.29) is 0 Å². The summed E-state index contributed by atoms with van der Waals surface area (Å²) < 4.78 is 14.3. The van der Waals surface area contributed by atoms with Gasteiger partial charge >= 0.3 is 7.82 Å². The van der Waals surface area contributed by atoms with E-state index in [9.17, 15) is 9.67 Å². The lowest BCUT2D eigenvalue weighted by molar-refractivity contribution is -0.00106. The van der Waals surface area contributed by atoms with Crippen molar-refractivity contribution in [1.82, 2.24) is 0 Å². The highest BCUT2D eigenvalue weighted by molar-refractivity contribution is 7.46. The number of hydrogen-bond acceptors (Lipinski definition) is 7. The molecule has 0 aromatic carbocycles. The monoisotopic (exact) mass is 256 g/mol. The van der Waals surface area contributed by atoms with Gasteiger partial charge in [-0.25, -0.2) is 4.57 Å². The minimum Gasteiger partial charge on any atom is -0.506 e. The second kappa shape index (κ2) is 3.96. The number of phosphoric ester groups is 1. The van der Waals surface area contributed by atoms with Crippen molar-refractivity contribution in [3.8, 4) is 0 Å². The van der Waals surface area contributed by atoms with E-state index < -0.39 is 43.1 Å². The molecule has 0 fully saturated rings. The molecule has 1 aliphatic rings. The first-order valence-corrected chi connectivity index (χ1v) is 5.35. The molecule has 7 N–H and O–H groups in total. The third-order valence-corrected chi connectivity index (χ3v) is 2.20. The smallest absolute Gasteiger partial charge is 0.506 e. The molecule has 0 saturated carbocycles. The Balaban J connectivity index is 3.20. The molecule has 1 aliphatic carbocycles. The van der Waals surface area contributed by atoms with Crippen LogP contribution in [0.15, 0.2) is 23.0 Å². The van der Waals surface area contributed by atoms with Crippen molar-refractivity contribution in [3.05, 3.63) is 23.0 Å². The molecule has 10 heteroatoms. The lowest BCUT2D eigenvalue weighted by Gasteiger charge is -2.25. The normalized spacial score (nSPS) is 27.2. The Morgan fingerprint density at radius 3 is 1.94 bits per heavy atom. The highest BCUT2D eigenvalue weighted by Crippen LogP contribution is 2.42. The number of phosphoric acid groups is 1. The van der Waals surface area contributed by atoms with Crippen LogP contribution in [-0.2, 0) is 9.09 Å². The standard InChI is InChI=1S/C6H9O9P/c7-1-2(8)4(10)6(5(11)3(1)9)15-16(12,13)14/h2,4,7-11H,(H2,12,13,14)/t2-,4-/m0/s1. The summed E-state index contributed by atoms with van der Waals surface area (Å²) in [4.78, 5) is 16.9. The van der Waals surface area contributed by atoms with Crippen LogP contribution in [0.1, 0.15) is 0 Å².